The Hall–Kier alpha value is -2.70. The summed E-state index contributed by atoms with van der Waals surface area (Å²) in [6, 6.07) is 6.76. The number of nitrogens with zero attached hydrogens (tertiary/aromatic N) is 4. The van der Waals surface area contributed by atoms with Gasteiger partial charge in [0.05, 0.1) is 10.7 Å². The molecule has 0 aliphatic carbocycles. The van der Waals surface area contributed by atoms with Gasteiger partial charge in [0.2, 0.25) is 17.6 Å². The van der Waals surface area contributed by atoms with E-state index in [0.717, 1.165) is 11.9 Å². The fourth-order valence-electron chi connectivity index (χ4n) is 3.01. The SMILES string of the molecule is CC(=O)N[C@@H](CCC(=O)C=[N+]=[N-])C(=O)N1CCN(c2ccccc2Cl)CC1. The number of anilines is 1. The summed E-state index contributed by atoms with van der Waals surface area (Å²) < 4.78 is 0. The van der Waals surface area contributed by atoms with Gasteiger partial charge in [-0.2, -0.15) is 4.79 Å². The molecule has 0 saturated carbocycles. The lowest BCUT2D eigenvalue weighted by Gasteiger charge is -2.38. The molecule has 1 fully saturated rings. The van der Waals surface area contributed by atoms with Gasteiger partial charge in [0.25, 0.3) is 0 Å². The van der Waals surface area contributed by atoms with E-state index in [1.165, 1.54) is 6.92 Å². The number of carbonyl (C=O) groups is 3. The Bertz CT molecular complexity index is 755. The zero-order chi connectivity index (χ0) is 19.8. The largest absolute Gasteiger partial charge is 0.367 e. The molecule has 0 aromatic heterocycles. The molecule has 1 heterocycles. The molecule has 1 aromatic rings. The predicted octanol–water partition coefficient (Wildman–Crippen LogP) is 1.14. The highest BCUT2D eigenvalue weighted by atomic mass is 35.5. The molecule has 1 aliphatic heterocycles. The average molecular weight is 392 g/mol. The molecule has 27 heavy (non-hydrogen) atoms. The number of para-hydroxylation sites is 1. The van der Waals surface area contributed by atoms with Gasteiger partial charge in [-0.15, -0.1) is 0 Å². The van der Waals surface area contributed by atoms with Gasteiger partial charge in [-0.3, -0.25) is 14.4 Å². The first-order valence-corrected chi connectivity index (χ1v) is 9.05. The van der Waals surface area contributed by atoms with E-state index in [9.17, 15) is 14.4 Å². The summed E-state index contributed by atoms with van der Waals surface area (Å²) in [5, 5.41) is 3.27. The number of amides is 2. The second-order valence-corrected chi connectivity index (χ2v) is 6.67. The van der Waals surface area contributed by atoms with Gasteiger partial charge in [-0.25, -0.2) is 0 Å². The Kier molecular flexibility index (Phi) is 7.52. The molecule has 0 unspecified atom stereocenters. The maximum Gasteiger partial charge on any atom is 0.323 e. The van der Waals surface area contributed by atoms with E-state index >= 15 is 0 Å². The number of ketones is 1. The van der Waals surface area contributed by atoms with Crippen LogP contribution in [0, 0.1) is 0 Å². The number of piperazine rings is 1. The topological polar surface area (TPSA) is 106 Å². The zero-order valence-electron chi connectivity index (χ0n) is 15.1. The summed E-state index contributed by atoms with van der Waals surface area (Å²) in [6.07, 6.45) is 0.937. The second kappa shape index (κ2) is 9.85. The zero-order valence-corrected chi connectivity index (χ0v) is 15.9. The summed E-state index contributed by atoms with van der Waals surface area (Å²) in [6.45, 7) is 3.56. The summed E-state index contributed by atoms with van der Waals surface area (Å²) >= 11 is 6.23. The molecule has 1 atom stereocenters. The van der Waals surface area contributed by atoms with Crippen molar-refractivity contribution in [1.29, 1.82) is 0 Å². The van der Waals surface area contributed by atoms with E-state index < -0.39 is 11.8 Å². The molecule has 1 aromatic carbocycles. The van der Waals surface area contributed by atoms with Gasteiger partial charge >= 0.3 is 6.21 Å². The quantitative estimate of drug-likeness (QED) is 0.427. The molecule has 8 nitrogen and oxygen atoms in total. The van der Waals surface area contributed by atoms with Gasteiger partial charge in [0, 0.05) is 39.5 Å². The van der Waals surface area contributed by atoms with Crippen molar-refractivity contribution in [2.75, 3.05) is 31.1 Å². The van der Waals surface area contributed by atoms with Gasteiger partial charge < -0.3 is 20.6 Å². The molecule has 2 amide bonds. The first kappa shape index (κ1) is 20.6. The standard InChI is InChI=1S/C18H22ClN5O3/c1-13(25)22-16(7-6-14(26)12-21-20)18(27)24-10-8-23(9-11-24)17-5-3-2-4-15(17)19/h2-5,12,16H,6-11H2,1H3,(H,22,25)/t16-/m0/s1. The van der Waals surface area contributed by atoms with Crippen LogP contribution in [-0.4, -0.2) is 65.7 Å². The number of halogens is 1. The number of hydrogen-bond donors (Lipinski definition) is 1. The second-order valence-electron chi connectivity index (χ2n) is 6.27. The monoisotopic (exact) mass is 391 g/mol. The number of rotatable bonds is 7. The lowest BCUT2D eigenvalue weighted by Crippen LogP contribution is -2.55. The maximum atomic E-state index is 12.8. The van der Waals surface area contributed by atoms with Crippen LogP contribution >= 0.6 is 11.6 Å². The molecule has 1 saturated heterocycles. The van der Waals surface area contributed by atoms with Crippen LogP contribution < -0.4 is 10.2 Å². The summed E-state index contributed by atoms with van der Waals surface area (Å²) in [5.74, 6) is -0.978. The molecule has 1 N–H and O–H groups in total. The predicted molar refractivity (Wildman–Crippen MR) is 102 cm³/mol. The van der Waals surface area contributed by atoms with Crippen LogP contribution in [0.15, 0.2) is 24.3 Å². The minimum atomic E-state index is -0.787. The minimum absolute atomic E-state index is 0.000332. The van der Waals surface area contributed by atoms with Gasteiger partial charge in [-0.05, 0) is 18.6 Å². The molecule has 9 heteroatoms. The number of benzene rings is 1. The van der Waals surface area contributed by atoms with Gasteiger partial charge in [-0.1, -0.05) is 23.7 Å². The lowest BCUT2D eigenvalue weighted by atomic mass is 10.1. The Morgan fingerprint density at radius 2 is 1.93 bits per heavy atom. The Morgan fingerprint density at radius 1 is 1.26 bits per heavy atom. The van der Waals surface area contributed by atoms with Crippen LogP contribution in [-0.2, 0) is 14.4 Å². The summed E-state index contributed by atoms with van der Waals surface area (Å²) in [7, 11) is 0. The Balaban J connectivity index is 1.97. The fourth-order valence-corrected chi connectivity index (χ4v) is 3.27. The van der Waals surface area contributed by atoms with Crippen molar-refractivity contribution in [3.63, 3.8) is 0 Å². The smallest absolute Gasteiger partial charge is 0.323 e. The molecular weight excluding hydrogens is 370 g/mol. The minimum Gasteiger partial charge on any atom is -0.367 e. The number of nitrogens with one attached hydrogen (secondary N) is 1. The summed E-state index contributed by atoms with van der Waals surface area (Å²) in [4.78, 5) is 42.2. The van der Waals surface area contributed by atoms with E-state index in [4.69, 9.17) is 17.1 Å². The van der Waals surface area contributed by atoms with Crippen molar-refractivity contribution in [1.82, 2.24) is 10.2 Å². The first-order chi connectivity index (χ1) is 12.9. The van der Waals surface area contributed by atoms with Crippen molar-refractivity contribution in [2.24, 2.45) is 0 Å². The third-order valence-electron chi connectivity index (χ3n) is 4.34. The molecular formula is C18H22ClN5O3. The highest BCUT2D eigenvalue weighted by Gasteiger charge is 2.29. The highest BCUT2D eigenvalue weighted by Crippen LogP contribution is 2.26. The van der Waals surface area contributed by atoms with E-state index in [2.05, 4.69) is 15.0 Å². The van der Waals surface area contributed by atoms with Crippen LogP contribution in [0.5, 0.6) is 0 Å². The summed E-state index contributed by atoms with van der Waals surface area (Å²) in [5.41, 5.74) is 9.32. The number of hydrogen-bond acceptors (Lipinski definition) is 4. The van der Waals surface area contributed by atoms with Crippen molar-refractivity contribution in [3.05, 3.63) is 34.8 Å². The maximum absolute atomic E-state index is 12.8. The van der Waals surface area contributed by atoms with Crippen LogP contribution in [0.25, 0.3) is 5.53 Å². The number of Topliss-reactive ketones (excluding diaryl/α,β-unsaturated/α-hetero) is 1. The third kappa shape index (κ3) is 5.91. The van der Waals surface area contributed by atoms with Gasteiger partial charge in [0.15, 0.2) is 0 Å². The van der Waals surface area contributed by atoms with Gasteiger partial charge in [0.1, 0.15) is 6.04 Å². The number of carbonyl (C=O) groups excluding carboxylic acids is 3. The third-order valence-corrected chi connectivity index (χ3v) is 4.66. The van der Waals surface area contributed by atoms with Crippen LogP contribution in [0.4, 0.5) is 5.69 Å². The molecule has 0 radical (unpaired) electrons. The van der Waals surface area contributed by atoms with Crippen molar-refractivity contribution >= 4 is 41.1 Å². The first-order valence-electron chi connectivity index (χ1n) is 8.68. The van der Waals surface area contributed by atoms with E-state index in [0.29, 0.717) is 31.2 Å². The molecule has 144 valence electrons. The van der Waals surface area contributed by atoms with E-state index in [1.807, 2.05) is 24.3 Å². The van der Waals surface area contributed by atoms with Crippen molar-refractivity contribution in [3.8, 4) is 0 Å². The molecule has 1 aliphatic rings. The Labute approximate surface area is 162 Å². The average Bonchev–Trinajstić information content (AvgIpc) is 2.65. The van der Waals surface area contributed by atoms with Crippen LogP contribution in [0.2, 0.25) is 5.02 Å². The van der Waals surface area contributed by atoms with Crippen LogP contribution in [0.3, 0.4) is 0 Å². The highest BCUT2D eigenvalue weighted by molar-refractivity contribution is 6.33. The van der Waals surface area contributed by atoms with Crippen molar-refractivity contribution < 1.29 is 19.2 Å². The fraction of sp³-hybridized carbons (Fsp3) is 0.444. The van der Waals surface area contributed by atoms with E-state index in [1.54, 1.807) is 4.90 Å². The molecule has 0 spiro atoms. The molecule has 2 rings (SSSR count). The normalized spacial score (nSPS) is 14.9. The van der Waals surface area contributed by atoms with Crippen LogP contribution in [0.1, 0.15) is 19.8 Å². The molecule has 0 bridgehead atoms. The van der Waals surface area contributed by atoms with Crippen molar-refractivity contribution in [2.45, 2.75) is 25.8 Å². The lowest BCUT2D eigenvalue weighted by molar-refractivity contribution is -0.136. The van der Waals surface area contributed by atoms with E-state index in [-0.39, 0.29) is 24.7 Å². The Morgan fingerprint density at radius 3 is 2.52 bits per heavy atom.